The van der Waals surface area contributed by atoms with Gasteiger partial charge in [0, 0.05) is 83.0 Å². The number of thiocarbonyl (C=S) groups is 4. The van der Waals surface area contributed by atoms with Crippen LogP contribution in [-0.4, -0.2) is 207 Å². The number of carboxylic acid groups (broad SMARTS) is 7. The summed E-state index contributed by atoms with van der Waals surface area (Å²) in [7, 11) is 0. The molecule has 0 amide bonds. The maximum absolute atomic E-state index is 11.3. The summed E-state index contributed by atoms with van der Waals surface area (Å²) in [6.07, 6.45) is 16.4. The summed E-state index contributed by atoms with van der Waals surface area (Å²) < 4.78 is 3.72. The quantitative estimate of drug-likeness (QED) is 0.00811. The van der Waals surface area contributed by atoms with Gasteiger partial charge < -0.3 is 85.2 Å². The predicted octanol–water partition coefficient (Wildman–Crippen LogP) is 14.9. The molecule has 0 radical (unpaired) electrons. The van der Waals surface area contributed by atoms with Crippen molar-refractivity contribution in [1.82, 2.24) is 39.9 Å². The van der Waals surface area contributed by atoms with Crippen molar-refractivity contribution in [3.63, 3.8) is 0 Å². The van der Waals surface area contributed by atoms with Gasteiger partial charge in [-0.05, 0) is 179 Å². The summed E-state index contributed by atoms with van der Waals surface area (Å²) in [5, 5.41) is 101. The van der Waals surface area contributed by atoms with Gasteiger partial charge in [0.05, 0.1) is 151 Å². The Bertz CT molecular complexity index is 4370. The Balaban J connectivity index is -0.00000138. The van der Waals surface area contributed by atoms with Crippen LogP contribution in [0.15, 0.2) is 207 Å². The molecule has 36 heteroatoms. The molecular formula is C91H103N15O15Ru2S4. The molecule has 127 heavy (non-hydrogen) atoms. The Morgan fingerprint density at radius 2 is 0.496 bits per heavy atom. The van der Waals surface area contributed by atoms with E-state index in [-0.39, 0.29) is 118 Å². The summed E-state index contributed by atoms with van der Waals surface area (Å²) in [6, 6.07) is 43.3. The smallest absolute Gasteiger partial charge is 0.753 e. The van der Waals surface area contributed by atoms with Crippen molar-refractivity contribution in [3.05, 3.63) is 285 Å². The Morgan fingerprint density at radius 3 is 0.677 bits per heavy atom. The molecule has 8 heterocycles. The summed E-state index contributed by atoms with van der Waals surface area (Å²) in [4.78, 5) is 118. The molecule has 10 aromatic rings. The molecule has 30 nitrogen and oxygen atoms in total. The van der Waals surface area contributed by atoms with E-state index in [0.29, 0.717) is 17.0 Å². The van der Waals surface area contributed by atoms with E-state index in [9.17, 15) is 53.7 Å². The average Bonchev–Trinajstić information content (AvgIpc) is 0.844. The number of nitrogens with zero attached hydrogens (tertiary/aromatic N) is 15. The van der Waals surface area contributed by atoms with E-state index < -0.39 is 41.8 Å². The molecule has 4 N–H and O–H groups in total. The van der Waals surface area contributed by atoms with Crippen molar-refractivity contribution >= 4 is 117 Å². The number of aromatic carboxylic acids is 7. The maximum Gasteiger partial charge on any atom is 2.00 e. The fourth-order valence-corrected chi connectivity index (χ4v) is 11.7. The summed E-state index contributed by atoms with van der Waals surface area (Å²) in [6.45, 7) is 39.4. The van der Waals surface area contributed by atoms with Gasteiger partial charge in [0.25, 0.3) is 0 Å². The fraction of sp³-hybridized carbons (Fsp3) is 0.297. The van der Waals surface area contributed by atoms with Crippen LogP contribution >= 0.6 is 48.9 Å². The van der Waals surface area contributed by atoms with Gasteiger partial charge in [0.2, 0.25) is 0 Å². The first-order valence-corrected chi connectivity index (χ1v) is 40.8. The van der Waals surface area contributed by atoms with E-state index in [1.54, 1.807) is 12.1 Å². The van der Waals surface area contributed by atoms with Crippen LogP contribution in [-0.2, 0) is 52.0 Å². The van der Waals surface area contributed by atoms with Gasteiger partial charge in [-0.3, -0.25) is 44.7 Å². The monoisotopic (exact) mass is 1980 g/mol. The number of carbonyl (C=O) groups excluding carboxylic acids is 4. The van der Waals surface area contributed by atoms with E-state index >= 15 is 0 Å². The molecule has 672 valence electrons. The van der Waals surface area contributed by atoms with Gasteiger partial charge in [-0.25, -0.2) is 19.2 Å². The average molecular weight is 1980 g/mol. The van der Waals surface area contributed by atoms with Crippen LogP contribution in [0.1, 0.15) is 196 Å². The van der Waals surface area contributed by atoms with Crippen molar-refractivity contribution < 1.29 is 127 Å². The van der Waals surface area contributed by atoms with Gasteiger partial charge in [-0.2, -0.15) is 20.6 Å². The number of hydrogen-bond acceptors (Lipinski definition) is 23. The number of aromatic nitrogens is 8. The van der Waals surface area contributed by atoms with Gasteiger partial charge in [-0.1, -0.05) is 129 Å². The van der Waals surface area contributed by atoms with Gasteiger partial charge in [-0.15, -0.1) is 0 Å². The van der Waals surface area contributed by atoms with Crippen LogP contribution in [0, 0.1) is 0 Å². The topological polar surface area (TPSA) is 479 Å². The van der Waals surface area contributed by atoms with E-state index in [4.69, 9.17) is 42.1 Å². The third kappa shape index (κ3) is 46.1. The van der Waals surface area contributed by atoms with Gasteiger partial charge >= 0.3 is 62.8 Å². The number of Topliss-reactive ketones (excluding diaryl/α,β-unsaturated/α-hetero) is 1. The number of quaternary nitrogens is 3. The molecule has 2 aromatic carbocycles. The van der Waals surface area contributed by atoms with E-state index in [0.717, 1.165) is 0 Å². The maximum atomic E-state index is 11.3. The second-order valence-corrected chi connectivity index (χ2v) is 27.1. The Kier molecular flexibility index (Phi) is 64.0. The molecular weight excluding hydrogens is 1870 g/mol. The van der Waals surface area contributed by atoms with Gasteiger partial charge in [0.1, 0.15) is 13.1 Å². The minimum Gasteiger partial charge on any atom is -0.753 e. The Morgan fingerprint density at radius 1 is 0.307 bits per heavy atom. The molecule has 8 aromatic heterocycles. The summed E-state index contributed by atoms with van der Waals surface area (Å²) in [5.74, 6) is -8.34. The number of rotatable bonds is 30. The number of ketones is 1. The first-order valence-electron chi connectivity index (χ1n) is 39.2. The molecule has 0 atom stereocenters. The van der Waals surface area contributed by atoms with E-state index in [2.05, 4.69) is 219 Å². The SMILES string of the molecule is CC(=O)c1ccnc(-c2cc(C(=O)O)ccn2)c1.CCCCCC[N+](CC)(CC)CC.CC[N+](CC)(CC)Cc1ccccc1.CC[N+](CC)(CC)Cc1ccccc1.O=C([O-])c1ccnc(-c2cc(C(=O)O)ccn2)c1.O=C([O-])c1ccnc(-c2cc(C(=O)O)ccn2)c1.O=C([O-])c1ccnc(-c2cc(C(=O)O)ccn2)c1.[N-]=C=S.[N-]=C=S.[N-]=C=S.[N-]=C=S.[Ru+2].[Ru+2]. The Hall–Kier alpha value is -12.1. The number of benzene rings is 2. The molecule has 0 fully saturated rings. The second-order valence-electron chi connectivity index (χ2n) is 26.4. The molecule has 0 aliphatic rings. The number of hydrogen-bond donors (Lipinski definition) is 4. The van der Waals surface area contributed by atoms with Crippen LogP contribution in [0.4, 0.5) is 0 Å². The number of unbranched alkanes of at least 4 members (excludes halogenated alkanes) is 3. The normalized spacial score (nSPS) is 9.72. The zero-order chi connectivity index (χ0) is 94.4. The molecule has 0 saturated heterocycles. The fourth-order valence-electron chi connectivity index (χ4n) is 11.7. The molecule has 0 aliphatic heterocycles. The van der Waals surface area contributed by atoms with Crippen LogP contribution in [0.3, 0.4) is 0 Å². The number of carboxylic acids is 7. The number of carbonyl (C=O) groups is 8. The largest absolute Gasteiger partial charge is 2.00 e. The standard InChI is InChI=1S/C13H10N2O3.2C13H22N.3C12H8N2O4.C12H28N.4CNS.2Ru/c1-8(16)9-2-4-14-11(6-9)12-7-10(13(17)18)3-5-15-12;2*1-4-14(5-2,6-3)12-13-10-8-7-9-11-13;3*15-11(16)7-1-3-13-9(5-7)10-6-8(12(17)18)2-4-14-10;1-5-9-10-11-12-13(6-2,7-3)8-4;4*2-1-3;;/h2-7H,1H3,(H,17,18);2*7-11H,4-6,12H2,1-3H3;3*1-6H,(H,15,16)(H,17,18);5-12H2,1-4H3;;;;;;/q;2*+1;;;;+1;4*-1;2*+2/p-3. The first kappa shape index (κ1) is 119. The van der Waals surface area contributed by atoms with Crippen molar-refractivity contribution in [2.24, 2.45) is 0 Å². The second kappa shape index (κ2) is 68.2. The van der Waals surface area contributed by atoms with E-state index in [1.165, 1.54) is 291 Å². The zero-order valence-corrected chi connectivity index (χ0v) is 79.0. The van der Waals surface area contributed by atoms with Crippen LogP contribution < -0.4 is 15.3 Å². The van der Waals surface area contributed by atoms with Crippen LogP contribution in [0.25, 0.3) is 67.2 Å². The molecule has 10 rings (SSSR count). The molecule has 0 aliphatic carbocycles. The third-order valence-corrected chi connectivity index (χ3v) is 19.5. The Labute approximate surface area is 788 Å². The van der Waals surface area contributed by atoms with Crippen LogP contribution in [0.2, 0.25) is 0 Å². The van der Waals surface area contributed by atoms with E-state index in [1.807, 2.05) is 0 Å². The first-order chi connectivity index (χ1) is 59.7. The summed E-state index contributed by atoms with van der Waals surface area (Å²) in [5.41, 5.74) is 6.22. The van der Waals surface area contributed by atoms with Crippen molar-refractivity contribution in [2.45, 2.75) is 115 Å². The third-order valence-electron chi connectivity index (χ3n) is 19.5. The minimum atomic E-state index is -1.33. The molecule has 0 saturated carbocycles. The molecule has 0 unspecified atom stereocenters. The molecule has 0 spiro atoms. The van der Waals surface area contributed by atoms with Gasteiger partial charge in [0.15, 0.2) is 5.78 Å². The van der Waals surface area contributed by atoms with Crippen molar-refractivity contribution in [1.29, 1.82) is 0 Å². The summed E-state index contributed by atoms with van der Waals surface area (Å²) >= 11 is 14.8. The predicted molar refractivity (Wildman–Crippen MR) is 489 cm³/mol. The zero-order valence-electron chi connectivity index (χ0n) is 72.3. The van der Waals surface area contributed by atoms with Crippen molar-refractivity contribution in [3.8, 4) is 45.6 Å². The van der Waals surface area contributed by atoms with Crippen molar-refractivity contribution in [2.75, 3.05) is 65.4 Å². The number of pyridine rings is 8. The van der Waals surface area contributed by atoms with Crippen LogP contribution in [0.5, 0.6) is 0 Å². The molecule has 0 bridgehead atoms. The number of isothiocyanates is 4. The minimum absolute atomic E-state index is 0.